The molecule has 1 saturated carbocycles. The summed E-state index contributed by atoms with van der Waals surface area (Å²) < 4.78 is 13.0. The van der Waals surface area contributed by atoms with Gasteiger partial charge in [-0.05, 0) is 49.9 Å². The summed E-state index contributed by atoms with van der Waals surface area (Å²) in [6.07, 6.45) is 5.11. The van der Waals surface area contributed by atoms with Crippen molar-refractivity contribution in [2.75, 3.05) is 13.6 Å². The van der Waals surface area contributed by atoms with Crippen LogP contribution < -0.4 is 0 Å². The van der Waals surface area contributed by atoms with Gasteiger partial charge < -0.3 is 4.90 Å². The zero-order valence-electron chi connectivity index (χ0n) is 14.6. The Balaban J connectivity index is 1.80. The van der Waals surface area contributed by atoms with Crippen molar-refractivity contribution in [2.24, 2.45) is 5.92 Å². The first-order valence-electron chi connectivity index (χ1n) is 8.74. The van der Waals surface area contributed by atoms with Gasteiger partial charge in [-0.25, -0.2) is 9.18 Å². The van der Waals surface area contributed by atoms with Crippen molar-refractivity contribution in [3.8, 4) is 0 Å². The van der Waals surface area contributed by atoms with Gasteiger partial charge in [-0.15, -0.1) is 0 Å². The molecule has 5 nitrogen and oxygen atoms in total. The van der Waals surface area contributed by atoms with Crippen LogP contribution in [0.15, 0.2) is 24.3 Å². The van der Waals surface area contributed by atoms with Crippen LogP contribution in [0, 0.1) is 11.7 Å². The van der Waals surface area contributed by atoms with E-state index in [9.17, 15) is 18.8 Å². The molecular weight excluding hydrogens is 323 g/mol. The van der Waals surface area contributed by atoms with E-state index in [0.717, 1.165) is 37.0 Å². The average Bonchev–Trinajstić information content (AvgIpc) is 2.79. The Hall–Kier alpha value is -2.24. The van der Waals surface area contributed by atoms with Crippen molar-refractivity contribution >= 4 is 17.7 Å². The number of hydrogen-bond acceptors (Lipinski definition) is 3. The molecule has 1 aromatic carbocycles. The van der Waals surface area contributed by atoms with Crippen molar-refractivity contribution in [3.63, 3.8) is 0 Å². The van der Waals surface area contributed by atoms with Crippen LogP contribution in [0.1, 0.15) is 49.4 Å². The number of benzene rings is 1. The molecule has 0 radical (unpaired) electrons. The molecule has 25 heavy (non-hydrogen) atoms. The average molecular weight is 346 g/mol. The third-order valence-corrected chi connectivity index (χ3v) is 5.76. The van der Waals surface area contributed by atoms with E-state index in [1.165, 1.54) is 29.2 Å². The van der Waals surface area contributed by atoms with Crippen LogP contribution >= 0.6 is 0 Å². The first-order valence-corrected chi connectivity index (χ1v) is 8.74. The van der Waals surface area contributed by atoms with E-state index in [2.05, 4.69) is 0 Å². The van der Waals surface area contributed by atoms with Crippen LogP contribution in [0.3, 0.4) is 0 Å². The van der Waals surface area contributed by atoms with E-state index in [4.69, 9.17) is 0 Å². The number of ketones is 1. The standard InChI is InChI=1S/C19H23FN2O3/c1-19(14-6-4-3-5-7-14)17(24)22(18(25)21(19)2)12-16(23)13-8-10-15(20)11-9-13/h8-11,14H,3-7,12H2,1-2H3. The second-order valence-corrected chi connectivity index (χ2v) is 7.15. The molecule has 134 valence electrons. The van der Waals surface area contributed by atoms with Gasteiger partial charge >= 0.3 is 6.03 Å². The molecule has 0 N–H and O–H groups in total. The van der Waals surface area contributed by atoms with E-state index in [1.807, 2.05) is 6.92 Å². The van der Waals surface area contributed by atoms with Gasteiger partial charge in [-0.1, -0.05) is 19.3 Å². The smallest absolute Gasteiger partial charge is 0.313 e. The predicted molar refractivity (Wildman–Crippen MR) is 90.6 cm³/mol. The predicted octanol–water partition coefficient (Wildman–Crippen LogP) is 3.24. The lowest BCUT2D eigenvalue weighted by Gasteiger charge is -2.38. The van der Waals surface area contributed by atoms with Gasteiger partial charge in [-0.3, -0.25) is 14.5 Å². The molecule has 1 heterocycles. The Morgan fingerprint density at radius 2 is 1.76 bits per heavy atom. The molecule has 1 aliphatic carbocycles. The van der Waals surface area contributed by atoms with Crippen molar-refractivity contribution in [1.29, 1.82) is 0 Å². The van der Waals surface area contributed by atoms with Gasteiger partial charge in [0.2, 0.25) is 0 Å². The monoisotopic (exact) mass is 346 g/mol. The van der Waals surface area contributed by atoms with Gasteiger partial charge in [0.15, 0.2) is 5.78 Å². The van der Waals surface area contributed by atoms with Crippen LogP contribution in [-0.2, 0) is 4.79 Å². The second kappa shape index (κ2) is 6.58. The van der Waals surface area contributed by atoms with E-state index >= 15 is 0 Å². The molecule has 3 rings (SSSR count). The molecule has 1 atom stereocenters. The van der Waals surface area contributed by atoms with Gasteiger partial charge in [0.1, 0.15) is 11.4 Å². The number of hydrogen-bond donors (Lipinski definition) is 0. The number of Topliss-reactive ketones (excluding diaryl/α,β-unsaturated/α-hetero) is 1. The van der Waals surface area contributed by atoms with Gasteiger partial charge in [0.25, 0.3) is 5.91 Å². The van der Waals surface area contributed by atoms with Gasteiger partial charge in [-0.2, -0.15) is 0 Å². The van der Waals surface area contributed by atoms with E-state index in [-0.39, 0.29) is 29.7 Å². The summed E-state index contributed by atoms with van der Waals surface area (Å²) in [6.45, 7) is 1.50. The van der Waals surface area contributed by atoms with Crippen molar-refractivity contribution in [1.82, 2.24) is 9.80 Å². The summed E-state index contributed by atoms with van der Waals surface area (Å²) >= 11 is 0. The Bertz CT molecular complexity index is 697. The molecule has 1 saturated heterocycles. The number of amides is 3. The minimum absolute atomic E-state index is 0.119. The number of carbonyl (C=O) groups excluding carboxylic acids is 3. The highest BCUT2D eigenvalue weighted by molar-refractivity contribution is 6.11. The van der Waals surface area contributed by atoms with Crippen LogP contribution in [0.2, 0.25) is 0 Å². The number of rotatable bonds is 4. The molecule has 1 unspecified atom stereocenters. The third kappa shape index (κ3) is 2.94. The third-order valence-electron chi connectivity index (χ3n) is 5.76. The Morgan fingerprint density at radius 1 is 1.16 bits per heavy atom. The number of nitrogens with zero attached hydrogens (tertiary/aromatic N) is 2. The number of likely N-dealkylation sites (N-methyl/N-ethyl adjacent to an activating group) is 1. The maximum atomic E-state index is 13.0. The molecule has 0 aromatic heterocycles. The summed E-state index contributed by atoms with van der Waals surface area (Å²) in [5.41, 5.74) is -0.600. The topological polar surface area (TPSA) is 57.7 Å². The maximum absolute atomic E-state index is 13.0. The van der Waals surface area contributed by atoms with E-state index in [1.54, 1.807) is 7.05 Å². The molecule has 3 amide bonds. The highest BCUT2D eigenvalue weighted by Gasteiger charge is 2.56. The minimum Gasteiger partial charge on any atom is -0.313 e. The largest absolute Gasteiger partial charge is 0.327 e. The fourth-order valence-electron chi connectivity index (χ4n) is 4.01. The maximum Gasteiger partial charge on any atom is 0.327 e. The van der Waals surface area contributed by atoms with Gasteiger partial charge in [0, 0.05) is 12.6 Å². The second-order valence-electron chi connectivity index (χ2n) is 7.15. The normalized spacial score (nSPS) is 24.9. The molecule has 0 spiro atoms. The zero-order valence-corrected chi connectivity index (χ0v) is 14.6. The summed E-state index contributed by atoms with van der Waals surface area (Å²) in [6, 6.07) is 4.69. The van der Waals surface area contributed by atoms with E-state index in [0.29, 0.717) is 0 Å². The number of urea groups is 1. The lowest BCUT2D eigenvalue weighted by atomic mass is 9.75. The van der Waals surface area contributed by atoms with Gasteiger partial charge in [0.05, 0.1) is 6.54 Å². The summed E-state index contributed by atoms with van der Waals surface area (Å²) in [4.78, 5) is 40.6. The lowest BCUT2D eigenvalue weighted by molar-refractivity contribution is -0.135. The first-order chi connectivity index (χ1) is 11.9. The van der Waals surface area contributed by atoms with Crippen LogP contribution in [-0.4, -0.2) is 46.7 Å². The van der Waals surface area contributed by atoms with Crippen LogP contribution in [0.4, 0.5) is 9.18 Å². The Labute approximate surface area is 146 Å². The lowest BCUT2D eigenvalue weighted by Crippen LogP contribution is -2.52. The number of carbonyl (C=O) groups is 3. The molecule has 0 bridgehead atoms. The highest BCUT2D eigenvalue weighted by atomic mass is 19.1. The fourth-order valence-corrected chi connectivity index (χ4v) is 4.01. The quantitative estimate of drug-likeness (QED) is 0.621. The molecular formula is C19H23FN2O3. The summed E-state index contributed by atoms with van der Waals surface area (Å²) in [5.74, 6) is -0.992. The first kappa shape index (κ1) is 17.6. The highest BCUT2D eigenvalue weighted by Crippen LogP contribution is 2.40. The zero-order chi connectivity index (χ0) is 18.2. The molecule has 1 aromatic rings. The SMILES string of the molecule is CN1C(=O)N(CC(=O)c2ccc(F)cc2)C(=O)C1(C)C1CCCCC1. The molecule has 2 fully saturated rings. The van der Waals surface area contributed by atoms with E-state index < -0.39 is 17.4 Å². The number of imide groups is 1. The van der Waals surface area contributed by atoms with Crippen LogP contribution in [0.5, 0.6) is 0 Å². The van der Waals surface area contributed by atoms with Crippen molar-refractivity contribution in [2.45, 2.75) is 44.6 Å². The van der Waals surface area contributed by atoms with Crippen molar-refractivity contribution < 1.29 is 18.8 Å². The van der Waals surface area contributed by atoms with Crippen molar-refractivity contribution in [3.05, 3.63) is 35.6 Å². The Kier molecular flexibility index (Phi) is 4.62. The fraction of sp³-hybridized carbons (Fsp3) is 0.526. The van der Waals surface area contributed by atoms with Crippen LogP contribution in [0.25, 0.3) is 0 Å². The Morgan fingerprint density at radius 3 is 2.36 bits per heavy atom. The molecule has 6 heteroatoms. The number of halogens is 1. The summed E-state index contributed by atoms with van der Waals surface area (Å²) in [7, 11) is 1.64. The molecule has 1 aliphatic heterocycles. The summed E-state index contributed by atoms with van der Waals surface area (Å²) in [5, 5.41) is 0. The molecule has 2 aliphatic rings. The minimum atomic E-state index is -0.888.